The lowest BCUT2D eigenvalue weighted by Crippen LogP contribution is -2.44. The molecule has 0 aliphatic carbocycles. The first-order chi connectivity index (χ1) is 13.6. The first-order valence-electron chi connectivity index (χ1n) is 9.53. The molecule has 1 aromatic carbocycles. The second-order valence-corrected chi connectivity index (χ2v) is 9.29. The van der Waals surface area contributed by atoms with E-state index in [4.69, 9.17) is 4.74 Å². The van der Waals surface area contributed by atoms with E-state index in [9.17, 15) is 14.4 Å². The molecule has 0 aromatic heterocycles. The van der Waals surface area contributed by atoms with Gasteiger partial charge in [0.1, 0.15) is 5.60 Å². The predicted octanol–water partition coefficient (Wildman–Crippen LogP) is 2.80. The molecule has 3 amide bonds. The summed E-state index contributed by atoms with van der Waals surface area (Å²) in [6.45, 7) is 7.82. The lowest BCUT2D eigenvalue weighted by atomic mass is 9.94. The van der Waals surface area contributed by atoms with Crippen molar-refractivity contribution in [1.29, 1.82) is 0 Å². The average molecular weight is 419 g/mol. The number of hydrogen-bond donors (Lipinski definition) is 2. The highest BCUT2D eigenvalue weighted by Gasteiger charge is 2.37. The highest BCUT2D eigenvalue weighted by atomic mass is 32.2. The third-order valence-corrected chi connectivity index (χ3v) is 5.65. The van der Waals surface area contributed by atoms with Gasteiger partial charge < -0.3 is 10.1 Å². The number of ether oxygens (including phenoxy) is 1. The lowest BCUT2D eigenvalue weighted by molar-refractivity contribution is -0.122. The normalized spacial score (nSPS) is 22.0. The van der Waals surface area contributed by atoms with Gasteiger partial charge in [-0.1, -0.05) is 19.1 Å². The van der Waals surface area contributed by atoms with Crippen LogP contribution in [0, 0.1) is 5.92 Å². The maximum atomic E-state index is 12.7. The van der Waals surface area contributed by atoms with Gasteiger partial charge in [0.15, 0.2) is 5.37 Å². The molecule has 2 aliphatic rings. The lowest BCUT2D eigenvalue weighted by Gasteiger charge is -2.27. The number of thioether (sulfide) groups is 1. The summed E-state index contributed by atoms with van der Waals surface area (Å²) in [5.74, 6) is 0.358. The summed E-state index contributed by atoms with van der Waals surface area (Å²) >= 11 is 1.41. The predicted molar refractivity (Wildman–Crippen MR) is 113 cm³/mol. The van der Waals surface area contributed by atoms with Gasteiger partial charge >= 0.3 is 6.09 Å². The van der Waals surface area contributed by atoms with Crippen molar-refractivity contribution in [3.05, 3.63) is 29.8 Å². The van der Waals surface area contributed by atoms with Crippen LogP contribution in [-0.4, -0.2) is 51.8 Å². The Morgan fingerprint density at radius 2 is 1.97 bits per heavy atom. The van der Waals surface area contributed by atoms with E-state index in [0.29, 0.717) is 24.4 Å². The maximum absolute atomic E-state index is 12.7. The number of amides is 3. The monoisotopic (exact) mass is 418 g/mol. The van der Waals surface area contributed by atoms with Crippen LogP contribution in [0.2, 0.25) is 0 Å². The highest BCUT2D eigenvalue weighted by molar-refractivity contribution is 8.00. The molecule has 1 saturated heterocycles. The summed E-state index contributed by atoms with van der Waals surface area (Å²) in [5.41, 5.74) is 4.22. The van der Waals surface area contributed by atoms with Gasteiger partial charge in [-0.05, 0) is 38.5 Å². The van der Waals surface area contributed by atoms with E-state index in [-0.39, 0.29) is 17.7 Å². The molecule has 9 heteroatoms. The molecule has 0 bridgehead atoms. The number of hydrogen-bond acceptors (Lipinski definition) is 6. The van der Waals surface area contributed by atoms with E-state index in [2.05, 4.69) is 15.8 Å². The minimum absolute atomic E-state index is 0.0291. The van der Waals surface area contributed by atoms with Gasteiger partial charge in [0.05, 0.1) is 5.71 Å². The Bertz CT molecular complexity index is 832. The van der Waals surface area contributed by atoms with Gasteiger partial charge in [0.2, 0.25) is 5.91 Å². The van der Waals surface area contributed by atoms with Crippen molar-refractivity contribution < 1.29 is 19.1 Å². The zero-order chi connectivity index (χ0) is 21.2. The van der Waals surface area contributed by atoms with E-state index in [0.717, 1.165) is 11.3 Å². The van der Waals surface area contributed by atoms with Crippen molar-refractivity contribution in [1.82, 2.24) is 10.3 Å². The van der Waals surface area contributed by atoms with E-state index in [1.165, 1.54) is 16.7 Å². The number of carbonyl (C=O) groups excluding carboxylic acids is 3. The van der Waals surface area contributed by atoms with Gasteiger partial charge in [-0.25, -0.2) is 10.2 Å². The smallest absolute Gasteiger partial charge is 0.411 e. The Labute approximate surface area is 174 Å². The van der Waals surface area contributed by atoms with Crippen LogP contribution in [0.5, 0.6) is 0 Å². The quantitative estimate of drug-likeness (QED) is 0.786. The van der Waals surface area contributed by atoms with Crippen molar-refractivity contribution in [3.8, 4) is 0 Å². The van der Waals surface area contributed by atoms with Crippen molar-refractivity contribution in [2.75, 3.05) is 17.6 Å². The molecule has 156 valence electrons. The number of rotatable bonds is 3. The number of nitrogens with one attached hydrogen (secondary N) is 2. The van der Waals surface area contributed by atoms with Gasteiger partial charge in [-0.2, -0.15) is 5.10 Å². The van der Waals surface area contributed by atoms with Crippen LogP contribution in [0.1, 0.15) is 39.7 Å². The second-order valence-electron chi connectivity index (χ2n) is 8.10. The van der Waals surface area contributed by atoms with E-state index in [1.54, 1.807) is 32.9 Å². The standard InChI is InChI=1S/C20H26N4O4S/c1-12-11-15(25)22-23-16(12)13-5-7-14(8-6-13)21-17(26)18-24(9-10-29-18)19(27)28-20(2,3)4/h5-8,12,18H,9-11H2,1-4H3,(H,21,26)(H,22,25). The van der Waals surface area contributed by atoms with Crippen LogP contribution in [0.3, 0.4) is 0 Å². The summed E-state index contributed by atoms with van der Waals surface area (Å²) in [6, 6.07) is 7.29. The van der Waals surface area contributed by atoms with Gasteiger partial charge in [-0.15, -0.1) is 11.8 Å². The summed E-state index contributed by atoms with van der Waals surface area (Å²) in [6.07, 6.45) is -0.0826. The number of benzene rings is 1. The molecule has 29 heavy (non-hydrogen) atoms. The summed E-state index contributed by atoms with van der Waals surface area (Å²) < 4.78 is 5.40. The summed E-state index contributed by atoms with van der Waals surface area (Å²) in [7, 11) is 0. The van der Waals surface area contributed by atoms with Gasteiger partial charge in [-0.3, -0.25) is 14.5 Å². The molecule has 3 rings (SSSR count). The number of anilines is 1. The Kier molecular flexibility index (Phi) is 6.16. The molecule has 1 aromatic rings. The fraction of sp³-hybridized carbons (Fsp3) is 0.500. The molecule has 0 radical (unpaired) electrons. The fourth-order valence-electron chi connectivity index (χ4n) is 3.13. The Morgan fingerprint density at radius 1 is 1.28 bits per heavy atom. The van der Waals surface area contributed by atoms with E-state index >= 15 is 0 Å². The fourth-order valence-corrected chi connectivity index (χ4v) is 4.23. The first-order valence-corrected chi connectivity index (χ1v) is 10.6. The molecule has 2 atom stereocenters. The average Bonchev–Trinajstić information content (AvgIpc) is 3.11. The third-order valence-electron chi connectivity index (χ3n) is 4.45. The van der Waals surface area contributed by atoms with Crippen LogP contribution in [0.15, 0.2) is 29.4 Å². The highest BCUT2D eigenvalue weighted by Crippen LogP contribution is 2.27. The van der Waals surface area contributed by atoms with Crippen LogP contribution < -0.4 is 10.7 Å². The zero-order valence-electron chi connectivity index (χ0n) is 17.0. The van der Waals surface area contributed by atoms with Crippen LogP contribution in [0.4, 0.5) is 10.5 Å². The van der Waals surface area contributed by atoms with E-state index in [1.807, 2.05) is 19.1 Å². The Morgan fingerprint density at radius 3 is 2.59 bits per heavy atom. The summed E-state index contributed by atoms with van der Waals surface area (Å²) in [4.78, 5) is 37.9. The van der Waals surface area contributed by atoms with Crippen molar-refractivity contribution in [2.45, 2.75) is 45.1 Å². The molecule has 1 fully saturated rings. The molecule has 2 heterocycles. The zero-order valence-corrected chi connectivity index (χ0v) is 17.8. The Hall–Kier alpha value is -2.55. The van der Waals surface area contributed by atoms with Crippen LogP contribution in [0.25, 0.3) is 0 Å². The van der Waals surface area contributed by atoms with Crippen molar-refractivity contribution in [3.63, 3.8) is 0 Å². The molecular formula is C20H26N4O4S. The maximum Gasteiger partial charge on any atom is 0.411 e. The van der Waals surface area contributed by atoms with Crippen molar-refractivity contribution in [2.24, 2.45) is 11.0 Å². The molecule has 8 nitrogen and oxygen atoms in total. The molecule has 0 spiro atoms. The van der Waals surface area contributed by atoms with Crippen LogP contribution >= 0.6 is 11.8 Å². The minimum Gasteiger partial charge on any atom is -0.444 e. The largest absolute Gasteiger partial charge is 0.444 e. The van der Waals surface area contributed by atoms with Crippen LogP contribution in [-0.2, 0) is 14.3 Å². The minimum atomic E-state index is -0.623. The molecule has 2 aliphatic heterocycles. The number of carbonyl (C=O) groups is 3. The molecule has 0 saturated carbocycles. The second kappa shape index (κ2) is 8.44. The van der Waals surface area contributed by atoms with Gasteiger partial charge in [0.25, 0.3) is 5.91 Å². The molecular weight excluding hydrogens is 392 g/mol. The van der Waals surface area contributed by atoms with Gasteiger partial charge in [0, 0.05) is 30.3 Å². The number of hydrazone groups is 1. The molecule has 2 N–H and O–H groups in total. The SMILES string of the molecule is CC1CC(=O)NN=C1c1ccc(NC(=O)C2SCCN2C(=O)OC(C)(C)C)cc1. The topological polar surface area (TPSA) is 100 Å². The third kappa shape index (κ3) is 5.29. The Balaban J connectivity index is 1.64. The number of nitrogens with zero attached hydrogens (tertiary/aromatic N) is 2. The first kappa shape index (κ1) is 21.2. The summed E-state index contributed by atoms with van der Waals surface area (Å²) in [5, 5.41) is 6.38. The van der Waals surface area contributed by atoms with Crippen molar-refractivity contribution >= 4 is 41.1 Å². The van der Waals surface area contributed by atoms with E-state index < -0.39 is 17.1 Å². The molecule has 2 unspecified atom stereocenters.